The zero-order valence-electron chi connectivity index (χ0n) is 10.6. The highest BCUT2D eigenvalue weighted by atomic mass is 16.5. The maximum absolute atomic E-state index is 5.79. The molecule has 5 nitrogen and oxygen atoms in total. The molecule has 5 heteroatoms. The maximum atomic E-state index is 5.79. The van der Waals surface area contributed by atoms with Gasteiger partial charge in [0.1, 0.15) is 18.7 Å². The summed E-state index contributed by atoms with van der Waals surface area (Å²) in [5.41, 5.74) is 1.91. The number of hydrogen-bond donors (Lipinski definition) is 1. The predicted molar refractivity (Wildman–Crippen MR) is 71.8 cm³/mol. The zero-order chi connectivity index (χ0) is 12.9. The van der Waals surface area contributed by atoms with Crippen LogP contribution in [0.3, 0.4) is 0 Å². The normalized spacial score (nSPS) is 18.4. The minimum Gasteiger partial charge on any atom is -0.490 e. The molecule has 0 aliphatic carbocycles. The van der Waals surface area contributed by atoms with E-state index in [4.69, 9.17) is 4.74 Å². The van der Waals surface area contributed by atoms with Gasteiger partial charge in [-0.1, -0.05) is 0 Å². The van der Waals surface area contributed by atoms with Gasteiger partial charge in [0.05, 0.1) is 6.20 Å². The Balaban J connectivity index is 1.69. The lowest BCUT2D eigenvalue weighted by molar-refractivity contribution is 0.276. The second kappa shape index (κ2) is 5.75. The van der Waals surface area contributed by atoms with Crippen LogP contribution in [-0.4, -0.2) is 34.1 Å². The Kier molecular flexibility index (Phi) is 3.65. The van der Waals surface area contributed by atoms with Crippen LogP contribution >= 0.6 is 0 Å². The molecule has 0 amide bonds. The van der Waals surface area contributed by atoms with Crippen LogP contribution < -0.4 is 10.1 Å². The quantitative estimate of drug-likeness (QED) is 0.901. The number of hydrogen-bond acceptors (Lipinski definition) is 5. The van der Waals surface area contributed by atoms with Gasteiger partial charge in [-0.2, -0.15) is 0 Å². The number of ether oxygens (including phenoxy) is 1. The van der Waals surface area contributed by atoms with Gasteiger partial charge in [0.2, 0.25) is 0 Å². The van der Waals surface area contributed by atoms with Crippen LogP contribution in [-0.2, 0) is 0 Å². The Morgan fingerprint density at radius 1 is 1.11 bits per heavy atom. The summed E-state index contributed by atoms with van der Waals surface area (Å²) in [6.45, 7) is 1.78. The highest BCUT2D eigenvalue weighted by Gasteiger charge is 2.14. The van der Waals surface area contributed by atoms with Crippen molar-refractivity contribution in [3.63, 3.8) is 0 Å². The van der Waals surface area contributed by atoms with E-state index in [0.29, 0.717) is 12.6 Å². The van der Waals surface area contributed by atoms with Crippen LogP contribution in [0.1, 0.15) is 12.8 Å². The number of pyridine rings is 1. The monoisotopic (exact) mass is 256 g/mol. The third-order valence-corrected chi connectivity index (χ3v) is 3.22. The van der Waals surface area contributed by atoms with Crippen molar-refractivity contribution in [3.8, 4) is 16.9 Å². The van der Waals surface area contributed by atoms with Crippen molar-refractivity contribution >= 4 is 0 Å². The van der Waals surface area contributed by atoms with Gasteiger partial charge in [-0.25, -0.2) is 9.97 Å². The molecule has 1 fully saturated rings. The van der Waals surface area contributed by atoms with E-state index in [1.54, 1.807) is 24.8 Å². The van der Waals surface area contributed by atoms with E-state index in [2.05, 4.69) is 20.3 Å². The third kappa shape index (κ3) is 3.06. The maximum Gasteiger partial charge on any atom is 0.138 e. The molecule has 0 radical (unpaired) electrons. The summed E-state index contributed by atoms with van der Waals surface area (Å²) in [6, 6.07) is 2.43. The van der Waals surface area contributed by atoms with E-state index in [1.807, 2.05) is 6.07 Å². The molecular weight excluding hydrogens is 240 g/mol. The number of rotatable bonds is 4. The summed E-state index contributed by atoms with van der Waals surface area (Å²) in [7, 11) is 0. The van der Waals surface area contributed by atoms with Gasteiger partial charge < -0.3 is 10.1 Å². The molecule has 98 valence electrons. The first-order chi connectivity index (χ1) is 9.42. The molecule has 0 bridgehead atoms. The largest absolute Gasteiger partial charge is 0.490 e. The summed E-state index contributed by atoms with van der Waals surface area (Å²) in [5, 5.41) is 3.41. The lowest BCUT2D eigenvalue weighted by Gasteiger charge is -2.12. The van der Waals surface area contributed by atoms with E-state index in [1.165, 1.54) is 19.2 Å². The molecule has 1 saturated heterocycles. The average molecular weight is 256 g/mol. The molecule has 19 heavy (non-hydrogen) atoms. The molecule has 1 aliphatic heterocycles. The average Bonchev–Trinajstić information content (AvgIpc) is 3.00. The van der Waals surface area contributed by atoms with E-state index < -0.39 is 0 Å². The van der Waals surface area contributed by atoms with Gasteiger partial charge in [-0.3, -0.25) is 4.98 Å². The summed E-state index contributed by atoms with van der Waals surface area (Å²) in [6.07, 6.45) is 11.0. The van der Waals surface area contributed by atoms with Gasteiger partial charge in [0.15, 0.2) is 0 Å². The first-order valence-corrected chi connectivity index (χ1v) is 6.48. The standard InChI is InChI=1S/C14H16N4O/c1-2-13(18-3-1)9-19-14-4-11(5-15-8-14)12-6-16-10-17-7-12/h4-8,10,13,18H,1-3,9H2. The topological polar surface area (TPSA) is 59.9 Å². The van der Waals surface area contributed by atoms with Crippen molar-refractivity contribution in [3.05, 3.63) is 37.2 Å². The molecule has 0 saturated carbocycles. The van der Waals surface area contributed by atoms with Crippen LogP contribution in [0.2, 0.25) is 0 Å². The molecule has 1 atom stereocenters. The Morgan fingerprint density at radius 2 is 1.95 bits per heavy atom. The highest BCUT2D eigenvalue weighted by molar-refractivity contribution is 5.61. The second-order valence-electron chi connectivity index (χ2n) is 4.64. The van der Waals surface area contributed by atoms with Crippen molar-refractivity contribution in [1.82, 2.24) is 20.3 Å². The SMILES string of the molecule is c1ncc(-c2cncc(OCC3CCCN3)c2)cn1. The molecule has 3 heterocycles. The van der Waals surface area contributed by atoms with Gasteiger partial charge in [0, 0.05) is 35.8 Å². The smallest absolute Gasteiger partial charge is 0.138 e. The van der Waals surface area contributed by atoms with Crippen molar-refractivity contribution < 1.29 is 4.74 Å². The minimum absolute atomic E-state index is 0.462. The fraction of sp³-hybridized carbons (Fsp3) is 0.357. The molecule has 0 spiro atoms. The first-order valence-electron chi connectivity index (χ1n) is 6.48. The van der Waals surface area contributed by atoms with Crippen molar-refractivity contribution in [2.45, 2.75) is 18.9 Å². The van der Waals surface area contributed by atoms with Gasteiger partial charge >= 0.3 is 0 Å². The van der Waals surface area contributed by atoms with Crippen molar-refractivity contribution in [1.29, 1.82) is 0 Å². The van der Waals surface area contributed by atoms with Gasteiger partial charge in [-0.05, 0) is 25.5 Å². The fourth-order valence-corrected chi connectivity index (χ4v) is 2.20. The van der Waals surface area contributed by atoms with Crippen molar-refractivity contribution in [2.24, 2.45) is 0 Å². The number of nitrogens with one attached hydrogen (secondary N) is 1. The summed E-state index contributed by atoms with van der Waals surface area (Å²) in [4.78, 5) is 12.2. The summed E-state index contributed by atoms with van der Waals surface area (Å²) < 4.78 is 5.79. The molecule has 3 rings (SSSR count). The minimum atomic E-state index is 0.462. The van der Waals surface area contributed by atoms with E-state index in [9.17, 15) is 0 Å². The van der Waals surface area contributed by atoms with E-state index in [0.717, 1.165) is 23.4 Å². The summed E-state index contributed by atoms with van der Waals surface area (Å²) >= 11 is 0. The second-order valence-corrected chi connectivity index (χ2v) is 4.64. The van der Waals surface area contributed by atoms with Crippen LogP contribution in [0.25, 0.3) is 11.1 Å². The van der Waals surface area contributed by atoms with Crippen LogP contribution in [0, 0.1) is 0 Å². The molecule has 0 aromatic carbocycles. The third-order valence-electron chi connectivity index (χ3n) is 3.22. The molecular formula is C14H16N4O. The first kappa shape index (κ1) is 12.0. The molecule has 1 aliphatic rings. The molecule has 2 aromatic rings. The number of nitrogens with zero attached hydrogens (tertiary/aromatic N) is 3. The highest BCUT2D eigenvalue weighted by Crippen LogP contribution is 2.21. The van der Waals surface area contributed by atoms with Crippen LogP contribution in [0.4, 0.5) is 0 Å². The Hall–Kier alpha value is -2.01. The lowest BCUT2D eigenvalue weighted by Crippen LogP contribution is -2.28. The lowest BCUT2D eigenvalue weighted by atomic mass is 10.1. The number of aromatic nitrogens is 3. The Bertz CT molecular complexity index is 526. The van der Waals surface area contributed by atoms with Crippen LogP contribution in [0.15, 0.2) is 37.2 Å². The molecule has 2 aromatic heterocycles. The Labute approximate surface area is 112 Å². The zero-order valence-corrected chi connectivity index (χ0v) is 10.6. The fourth-order valence-electron chi connectivity index (χ4n) is 2.20. The van der Waals surface area contributed by atoms with Gasteiger partial charge in [0.25, 0.3) is 0 Å². The Morgan fingerprint density at radius 3 is 2.74 bits per heavy atom. The van der Waals surface area contributed by atoms with Crippen LogP contribution in [0.5, 0.6) is 5.75 Å². The predicted octanol–water partition coefficient (Wildman–Crippen LogP) is 1.67. The van der Waals surface area contributed by atoms with Crippen molar-refractivity contribution in [2.75, 3.05) is 13.2 Å². The van der Waals surface area contributed by atoms with E-state index in [-0.39, 0.29) is 0 Å². The van der Waals surface area contributed by atoms with Gasteiger partial charge in [-0.15, -0.1) is 0 Å². The summed E-state index contributed by atoms with van der Waals surface area (Å²) in [5.74, 6) is 0.787. The molecule has 1 N–H and O–H groups in total. The molecule has 1 unspecified atom stereocenters. The van der Waals surface area contributed by atoms with E-state index >= 15 is 0 Å².